The molecule has 1 saturated carbocycles. The maximum absolute atomic E-state index is 11.1. The number of hydrogen-bond acceptors (Lipinski definition) is 3. The zero-order valence-corrected chi connectivity index (χ0v) is 12.0. The van der Waals surface area contributed by atoms with Crippen molar-refractivity contribution in [1.82, 2.24) is 0 Å². The Morgan fingerprint density at radius 3 is 2.63 bits per heavy atom. The smallest absolute Gasteiger partial charge is 0.306 e. The van der Waals surface area contributed by atoms with Crippen molar-refractivity contribution in [2.45, 2.75) is 31.6 Å². The number of hydrogen-bond donors (Lipinski definition) is 0. The van der Waals surface area contributed by atoms with E-state index in [2.05, 4.69) is 12.2 Å². The molecular formula is C15H18O3S. The van der Waals surface area contributed by atoms with Crippen LogP contribution in [0.3, 0.4) is 0 Å². The first-order valence-corrected chi connectivity index (χ1v) is 8.40. The molecule has 0 aromatic heterocycles. The second-order valence-corrected chi connectivity index (χ2v) is 7.36. The number of fused-ring (bicyclic) bond motifs is 2. The Balaban J connectivity index is 1.95. The molecule has 0 aliphatic heterocycles. The van der Waals surface area contributed by atoms with Gasteiger partial charge in [-0.2, -0.15) is 8.42 Å². The van der Waals surface area contributed by atoms with Crippen LogP contribution in [0.2, 0.25) is 0 Å². The molecule has 0 saturated heterocycles. The summed E-state index contributed by atoms with van der Waals surface area (Å²) in [5, 5.41) is 0. The molecule has 102 valence electrons. The van der Waals surface area contributed by atoms with E-state index < -0.39 is 10.1 Å². The molecule has 1 fully saturated rings. The molecule has 0 heterocycles. The van der Waals surface area contributed by atoms with Crippen LogP contribution < -0.4 is 4.18 Å². The second kappa shape index (κ2) is 4.10. The van der Waals surface area contributed by atoms with Gasteiger partial charge in [-0.3, -0.25) is 0 Å². The zero-order valence-electron chi connectivity index (χ0n) is 11.2. The molecule has 0 amide bonds. The molecule has 2 unspecified atom stereocenters. The van der Waals surface area contributed by atoms with Crippen LogP contribution in [0, 0.1) is 12.8 Å². The van der Waals surface area contributed by atoms with E-state index in [0.29, 0.717) is 5.75 Å². The van der Waals surface area contributed by atoms with E-state index in [0.717, 1.165) is 17.7 Å². The lowest BCUT2D eigenvalue weighted by Crippen LogP contribution is -2.19. The minimum Gasteiger partial charge on any atom is -0.383 e. The quantitative estimate of drug-likeness (QED) is 0.630. The lowest BCUT2D eigenvalue weighted by Gasteiger charge is -2.26. The molecule has 3 nitrogen and oxygen atoms in total. The Bertz CT molecular complexity index is 645. The lowest BCUT2D eigenvalue weighted by atomic mass is 9.78. The van der Waals surface area contributed by atoms with Crippen LogP contribution in [0.1, 0.15) is 30.4 Å². The topological polar surface area (TPSA) is 43.4 Å². The minimum atomic E-state index is -3.45. The van der Waals surface area contributed by atoms with Crippen molar-refractivity contribution >= 4 is 10.1 Å². The Labute approximate surface area is 114 Å². The summed E-state index contributed by atoms with van der Waals surface area (Å²) in [6.45, 7) is 2.03. The van der Waals surface area contributed by atoms with Gasteiger partial charge in [0.15, 0.2) is 0 Å². The average Bonchev–Trinajstić information content (AvgIpc) is 2.87. The van der Waals surface area contributed by atoms with E-state index >= 15 is 0 Å². The summed E-state index contributed by atoms with van der Waals surface area (Å²) in [6, 6.07) is 5.61. The van der Waals surface area contributed by atoms with Gasteiger partial charge in [-0.25, -0.2) is 0 Å². The maximum atomic E-state index is 11.1. The fourth-order valence-corrected chi connectivity index (χ4v) is 3.96. The van der Waals surface area contributed by atoms with Crippen LogP contribution in [0.5, 0.6) is 5.75 Å². The Morgan fingerprint density at radius 1 is 1.37 bits per heavy atom. The van der Waals surface area contributed by atoms with E-state index in [1.54, 1.807) is 6.07 Å². The molecule has 2 bridgehead atoms. The first-order chi connectivity index (χ1) is 8.88. The fourth-order valence-electron chi connectivity index (χ4n) is 3.51. The van der Waals surface area contributed by atoms with E-state index in [1.165, 1.54) is 24.8 Å². The summed E-state index contributed by atoms with van der Waals surface area (Å²) >= 11 is 0. The van der Waals surface area contributed by atoms with Crippen LogP contribution >= 0.6 is 0 Å². The maximum Gasteiger partial charge on any atom is 0.306 e. The van der Waals surface area contributed by atoms with Gasteiger partial charge < -0.3 is 4.18 Å². The first-order valence-electron chi connectivity index (χ1n) is 6.58. The average molecular weight is 278 g/mol. The van der Waals surface area contributed by atoms with E-state index in [1.807, 2.05) is 19.1 Å². The van der Waals surface area contributed by atoms with Crippen LogP contribution in [-0.2, 0) is 15.5 Å². The third-order valence-electron chi connectivity index (χ3n) is 4.26. The molecule has 3 rings (SSSR count). The third-order valence-corrected chi connectivity index (χ3v) is 4.75. The molecule has 1 aromatic rings. The molecule has 19 heavy (non-hydrogen) atoms. The summed E-state index contributed by atoms with van der Waals surface area (Å²) in [6.07, 6.45) is 9.37. The molecule has 4 heteroatoms. The van der Waals surface area contributed by atoms with Gasteiger partial charge in [0.05, 0.1) is 6.26 Å². The van der Waals surface area contributed by atoms with Crippen LogP contribution in [0.25, 0.3) is 0 Å². The third kappa shape index (κ3) is 2.29. The second-order valence-electron chi connectivity index (χ2n) is 5.78. The van der Waals surface area contributed by atoms with Crippen molar-refractivity contribution in [3.8, 4) is 5.75 Å². The highest BCUT2D eigenvalue weighted by atomic mass is 32.2. The summed E-state index contributed by atoms with van der Waals surface area (Å²) in [7, 11) is -3.45. The summed E-state index contributed by atoms with van der Waals surface area (Å²) in [5.74, 6) is 1.13. The standard InChI is InChI=1S/C15H18O3S/c1-11-9-13(18-19(2,16)17)3-4-14(11)15-7-5-12(10-15)6-8-15/h3-5,7,9,12H,6,8,10H2,1-2H3. The van der Waals surface area contributed by atoms with Crippen LogP contribution in [0.4, 0.5) is 0 Å². The number of benzene rings is 1. The van der Waals surface area contributed by atoms with E-state index in [4.69, 9.17) is 4.18 Å². The SMILES string of the molecule is Cc1cc(OS(C)(=O)=O)ccc1C12C=CC(CC1)C2. The van der Waals surface area contributed by atoms with Gasteiger partial charge in [0.25, 0.3) is 0 Å². The van der Waals surface area contributed by atoms with Crippen molar-refractivity contribution in [2.75, 3.05) is 6.26 Å². The Hall–Kier alpha value is -1.29. The molecule has 2 aliphatic rings. The summed E-state index contributed by atoms with van der Waals surface area (Å²) in [5.41, 5.74) is 2.59. The van der Waals surface area contributed by atoms with Crippen molar-refractivity contribution in [1.29, 1.82) is 0 Å². The van der Waals surface area contributed by atoms with E-state index in [9.17, 15) is 8.42 Å². The van der Waals surface area contributed by atoms with Gasteiger partial charge in [0, 0.05) is 5.41 Å². The highest BCUT2D eigenvalue weighted by molar-refractivity contribution is 7.86. The lowest BCUT2D eigenvalue weighted by molar-refractivity contribution is 0.492. The van der Waals surface area contributed by atoms with Gasteiger partial charge in [-0.05, 0) is 55.4 Å². The van der Waals surface area contributed by atoms with Gasteiger partial charge >= 0.3 is 10.1 Å². The van der Waals surface area contributed by atoms with Gasteiger partial charge in [0.1, 0.15) is 5.75 Å². The molecular weight excluding hydrogens is 260 g/mol. The molecule has 2 atom stereocenters. The highest BCUT2D eigenvalue weighted by Gasteiger charge is 2.42. The Morgan fingerprint density at radius 2 is 2.16 bits per heavy atom. The first kappa shape index (κ1) is 12.7. The van der Waals surface area contributed by atoms with Crippen LogP contribution in [-0.4, -0.2) is 14.7 Å². The largest absolute Gasteiger partial charge is 0.383 e. The van der Waals surface area contributed by atoms with E-state index in [-0.39, 0.29) is 5.41 Å². The van der Waals surface area contributed by atoms with Gasteiger partial charge in [0.2, 0.25) is 0 Å². The molecule has 0 radical (unpaired) electrons. The monoisotopic (exact) mass is 278 g/mol. The highest BCUT2D eigenvalue weighted by Crippen LogP contribution is 2.51. The fraction of sp³-hybridized carbons (Fsp3) is 0.467. The predicted molar refractivity (Wildman–Crippen MR) is 74.8 cm³/mol. The summed E-state index contributed by atoms with van der Waals surface area (Å²) < 4.78 is 27.2. The normalized spacial score (nSPS) is 28.8. The molecule has 0 N–H and O–H groups in total. The zero-order chi connectivity index (χ0) is 13.7. The van der Waals surface area contributed by atoms with Gasteiger partial charge in [-0.1, -0.05) is 18.2 Å². The van der Waals surface area contributed by atoms with Crippen molar-refractivity contribution < 1.29 is 12.6 Å². The van der Waals surface area contributed by atoms with Crippen molar-refractivity contribution in [2.24, 2.45) is 5.92 Å². The Kier molecular flexibility index (Phi) is 2.75. The molecule has 2 aliphatic carbocycles. The molecule has 0 spiro atoms. The predicted octanol–water partition coefficient (Wildman–Crippen LogP) is 2.94. The van der Waals surface area contributed by atoms with Crippen molar-refractivity contribution in [3.05, 3.63) is 41.5 Å². The minimum absolute atomic E-state index is 0.179. The van der Waals surface area contributed by atoms with Crippen molar-refractivity contribution in [3.63, 3.8) is 0 Å². The number of allylic oxidation sites excluding steroid dienone is 2. The molecule has 1 aromatic carbocycles. The summed E-state index contributed by atoms with van der Waals surface area (Å²) in [4.78, 5) is 0. The number of aryl methyl sites for hydroxylation is 1. The van der Waals surface area contributed by atoms with Crippen LogP contribution in [0.15, 0.2) is 30.4 Å². The number of rotatable bonds is 3. The van der Waals surface area contributed by atoms with Gasteiger partial charge in [-0.15, -0.1) is 0 Å².